The van der Waals surface area contributed by atoms with Crippen LogP contribution in [0.2, 0.25) is 0 Å². The van der Waals surface area contributed by atoms with Crippen molar-refractivity contribution in [3.8, 4) is 0 Å². The zero-order valence-corrected chi connectivity index (χ0v) is 15.3. The molecule has 116 valence electrons. The van der Waals surface area contributed by atoms with Crippen molar-refractivity contribution in [2.24, 2.45) is 0 Å². The molecular formula is C17H18BrNOS2. The van der Waals surface area contributed by atoms with Crippen molar-refractivity contribution in [3.63, 3.8) is 0 Å². The summed E-state index contributed by atoms with van der Waals surface area (Å²) in [5, 5.41) is 2.96. The number of hydrogen-bond donors (Lipinski definition) is 1. The lowest BCUT2D eigenvalue weighted by Gasteiger charge is -2.05. The summed E-state index contributed by atoms with van der Waals surface area (Å²) >= 11 is 6.82. The average Bonchev–Trinajstić information content (AvgIpc) is 2.54. The van der Waals surface area contributed by atoms with Gasteiger partial charge in [-0.05, 0) is 29.8 Å². The Hall–Kier alpha value is -0.910. The van der Waals surface area contributed by atoms with Gasteiger partial charge in [0, 0.05) is 27.4 Å². The second-order valence-corrected chi connectivity index (χ2v) is 7.70. The van der Waals surface area contributed by atoms with Crippen LogP contribution in [0.1, 0.15) is 5.56 Å². The van der Waals surface area contributed by atoms with Gasteiger partial charge in [0.05, 0.1) is 5.75 Å². The summed E-state index contributed by atoms with van der Waals surface area (Å²) in [6.07, 6.45) is 0. The molecule has 0 aliphatic carbocycles. The van der Waals surface area contributed by atoms with Gasteiger partial charge in [-0.1, -0.05) is 46.3 Å². The summed E-state index contributed by atoms with van der Waals surface area (Å²) in [4.78, 5) is 13.0. The molecule has 2 nitrogen and oxygen atoms in total. The van der Waals surface area contributed by atoms with E-state index in [1.807, 2.05) is 30.3 Å². The van der Waals surface area contributed by atoms with Crippen molar-refractivity contribution in [2.75, 3.05) is 18.1 Å². The molecule has 1 N–H and O–H groups in total. The van der Waals surface area contributed by atoms with Gasteiger partial charge in [-0.25, -0.2) is 0 Å². The molecular weight excluding hydrogens is 378 g/mol. The van der Waals surface area contributed by atoms with E-state index in [1.54, 1.807) is 23.5 Å². The summed E-state index contributed by atoms with van der Waals surface area (Å²) < 4.78 is 1.08. The first-order chi connectivity index (χ1) is 10.7. The Bertz CT molecular complexity index is 575. The van der Waals surface area contributed by atoms with Gasteiger partial charge in [0.25, 0.3) is 0 Å². The van der Waals surface area contributed by atoms with Crippen LogP contribution in [-0.4, -0.2) is 24.0 Å². The van der Waals surface area contributed by atoms with E-state index in [0.717, 1.165) is 16.0 Å². The smallest absolute Gasteiger partial charge is 0.230 e. The number of nitrogens with one attached hydrogen (secondary N) is 1. The molecule has 0 saturated carbocycles. The fourth-order valence-corrected chi connectivity index (χ4v) is 3.64. The van der Waals surface area contributed by atoms with E-state index in [9.17, 15) is 4.79 Å². The summed E-state index contributed by atoms with van der Waals surface area (Å²) in [7, 11) is 0. The largest absolute Gasteiger partial charge is 0.355 e. The number of rotatable bonds is 8. The molecule has 2 aromatic carbocycles. The van der Waals surface area contributed by atoms with Crippen molar-refractivity contribution in [1.29, 1.82) is 0 Å². The summed E-state index contributed by atoms with van der Waals surface area (Å²) in [5.74, 6) is 2.37. The van der Waals surface area contributed by atoms with E-state index < -0.39 is 0 Å². The van der Waals surface area contributed by atoms with Crippen LogP contribution in [0.5, 0.6) is 0 Å². The molecule has 1 amide bonds. The SMILES string of the molecule is O=C(CSCc1ccc(Br)cc1)NCCSc1ccccc1. The molecule has 0 fully saturated rings. The summed E-state index contributed by atoms with van der Waals surface area (Å²) in [6, 6.07) is 18.4. The molecule has 0 aliphatic rings. The maximum Gasteiger partial charge on any atom is 0.230 e. The molecule has 0 atom stereocenters. The number of carbonyl (C=O) groups excluding carboxylic acids is 1. The highest BCUT2D eigenvalue weighted by atomic mass is 79.9. The highest BCUT2D eigenvalue weighted by Gasteiger charge is 2.02. The minimum Gasteiger partial charge on any atom is -0.355 e. The third-order valence-corrected chi connectivity index (χ3v) is 5.40. The summed E-state index contributed by atoms with van der Waals surface area (Å²) in [6.45, 7) is 0.706. The number of hydrogen-bond acceptors (Lipinski definition) is 3. The van der Waals surface area contributed by atoms with Crippen LogP contribution in [0, 0.1) is 0 Å². The Labute approximate surface area is 148 Å². The van der Waals surface area contributed by atoms with Crippen LogP contribution >= 0.6 is 39.5 Å². The van der Waals surface area contributed by atoms with Crippen LogP contribution < -0.4 is 5.32 Å². The molecule has 2 rings (SSSR count). The first kappa shape index (κ1) is 17.4. The fraction of sp³-hybridized carbons (Fsp3) is 0.235. The molecule has 0 bridgehead atoms. The van der Waals surface area contributed by atoms with Gasteiger partial charge in [-0.2, -0.15) is 0 Å². The van der Waals surface area contributed by atoms with Crippen LogP contribution in [0.25, 0.3) is 0 Å². The minimum absolute atomic E-state index is 0.107. The topological polar surface area (TPSA) is 29.1 Å². The molecule has 0 spiro atoms. The first-order valence-corrected chi connectivity index (χ1v) is 9.94. The number of amides is 1. The Morgan fingerprint density at radius 1 is 1.05 bits per heavy atom. The number of thioether (sulfide) groups is 2. The second kappa shape index (κ2) is 9.98. The Balaban J connectivity index is 1.55. The average molecular weight is 396 g/mol. The van der Waals surface area contributed by atoms with E-state index in [-0.39, 0.29) is 5.91 Å². The standard InChI is InChI=1S/C17H18BrNOS2/c18-15-8-6-14(7-9-15)12-21-13-17(20)19-10-11-22-16-4-2-1-3-5-16/h1-9H,10-13H2,(H,19,20). The van der Waals surface area contributed by atoms with E-state index in [2.05, 4.69) is 45.5 Å². The predicted octanol–water partition coefficient (Wildman–Crippen LogP) is 4.59. The van der Waals surface area contributed by atoms with Gasteiger partial charge in [-0.15, -0.1) is 23.5 Å². The predicted molar refractivity (Wildman–Crippen MR) is 100 cm³/mol. The molecule has 22 heavy (non-hydrogen) atoms. The van der Waals surface area contributed by atoms with E-state index in [4.69, 9.17) is 0 Å². The van der Waals surface area contributed by atoms with E-state index >= 15 is 0 Å². The Morgan fingerprint density at radius 2 is 1.77 bits per heavy atom. The zero-order chi connectivity index (χ0) is 15.6. The first-order valence-electron chi connectivity index (χ1n) is 7.01. The van der Waals surface area contributed by atoms with Gasteiger partial charge in [0.1, 0.15) is 0 Å². The Morgan fingerprint density at radius 3 is 2.50 bits per heavy atom. The highest BCUT2D eigenvalue weighted by molar-refractivity contribution is 9.10. The van der Waals surface area contributed by atoms with Gasteiger partial charge in [-0.3, -0.25) is 4.79 Å². The maximum absolute atomic E-state index is 11.8. The van der Waals surface area contributed by atoms with Crippen LogP contribution in [0.3, 0.4) is 0 Å². The number of halogens is 1. The van der Waals surface area contributed by atoms with E-state index in [1.165, 1.54) is 10.5 Å². The molecule has 0 unspecified atom stereocenters. The highest BCUT2D eigenvalue weighted by Crippen LogP contribution is 2.17. The van der Waals surface area contributed by atoms with Crippen molar-refractivity contribution in [3.05, 3.63) is 64.6 Å². The maximum atomic E-state index is 11.8. The van der Waals surface area contributed by atoms with Crippen molar-refractivity contribution < 1.29 is 4.79 Å². The quantitative estimate of drug-likeness (QED) is 0.523. The molecule has 0 aromatic heterocycles. The molecule has 0 saturated heterocycles. The molecule has 0 aliphatic heterocycles. The van der Waals surface area contributed by atoms with Gasteiger partial charge in [0.15, 0.2) is 0 Å². The molecule has 5 heteroatoms. The lowest BCUT2D eigenvalue weighted by molar-refractivity contribution is -0.118. The van der Waals surface area contributed by atoms with Crippen molar-refractivity contribution in [2.45, 2.75) is 10.6 Å². The van der Waals surface area contributed by atoms with Crippen molar-refractivity contribution in [1.82, 2.24) is 5.32 Å². The number of carbonyl (C=O) groups is 1. The fourth-order valence-electron chi connectivity index (χ4n) is 1.77. The van der Waals surface area contributed by atoms with Gasteiger partial charge in [0.2, 0.25) is 5.91 Å². The molecule has 2 aromatic rings. The zero-order valence-electron chi connectivity index (χ0n) is 12.1. The lowest BCUT2D eigenvalue weighted by atomic mass is 10.2. The second-order valence-electron chi connectivity index (χ2n) is 4.63. The van der Waals surface area contributed by atoms with E-state index in [0.29, 0.717) is 12.3 Å². The van der Waals surface area contributed by atoms with Gasteiger partial charge >= 0.3 is 0 Å². The normalized spacial score (nSPS) is 10.4. The summed E-state index contributed by atoms with van der Waals surface area (Å²) in [5.41, 5.74) is 1.24. The Kier molecular flexibility index (Phi) is 7.91. The van der Waals surface area contributed by atoms with Crippen LogP contribution in [0.4, 0.5) is 0 Å². The van der Waals surface area contributed by atoms with Crippen molar-refractivity contribution >= 4 is 45.4 Å². The monoisotopic (exact) mass is 395 g/mol. The van der Waals surface area contributed by atoms with Gasteiger partial charge < -0.3 is 5.32 Å². The van der Waals surface area contributed by atoms with Crippen LogP contribution in [0.15, 0.2) is 64.0 Å². The number of benzene rings is 2. The van der Waals surface area contributed by atoms with Crippen LogP contribution in [-0.2, 0) is 10.5 Å². The molecule has 0 heterocycles. The molecule has 0 radical (unpaired) electrons. The minimum atomic E-state index is 0.107. The third kappa shape index (κ3) is 6.90. The third-order valence-electron chi connectivity index (χ3n) is 2.85. The lowest BCUT2D eigenvalue weighted by Crippen LogP contribution is -2.27.